The fraction of sp³-hybridized carbons (Fsp3) is 0.688. The van der Waals surface area contributed by atoms with Gasteiger partial charge in [0, 0.05) is 31.9 Å². The van der Waals surface area contributed by atoms with Crippen LogP contribution in [-0.4, -0.2) is 37.8 Å². The zero-order chi connectivity index (χ0) is 14.8. The molecule has 0 spiro atoms. The lowest BCUT2D eigenvalue weighted by Gasteiger charge is -2.22. The molecule has 1 aromatic heterocycles. The maximum atomic E-state index is 5.43. The Labute approximate surface area is 123 Å². The summed E-state index contributed by atoms with van der Waals surface area (Å²) in [6.07, 6.45) is 1.16. The molecule has 0 aliphatic rings. The summed E-state index contributed by atoms with van der Waals surface area (Å²) in [6, 6.07) is 4.30. The molecule has 0 unspecified atom stereocenters. The molecule has 4 heteroatoms. The zero-order valence-corrected chi connectivity index (χ0v) is 13.4. The van der Waals surface area contributed by atoms with Gasteiger partial charge in [-0.05, 0) is 45.4 Å². The Morgan fingerprint density at radius 3 is 2.65 bits per heavy atom. The fourth-order valence-corrected chi connectivity index (χ4v) is 2.09. The molecule has 0 amide bonds. The van der Waals surface area contributed by atoms with Gasteiger partial charge in [-0.25, -0.2) is 4.98 Å². The van der Waals surface area contributed by atoms with Gasteiger partial charge in [0.2, 0.25) is 0 Å². The van der Waals surface area contributed by atoms with Crippen LogP contribution >= 0.6 is 0 Å². The van der Waals surface area contributed by atoms with Crippen LogP contribution in [0.2, 0.25) is 0 Å². The average Bonchev–Trinajstić information content (AvgIpc) is 2.46. The van der Waals surface area contributed by atoms with Crippen molar-refractivity contribution in [2.24, 2.45) is 0 Å². The van der Waals surface area contributed by atoms with E-state index in [1.54, 1.807) is 0 Å². The SMILES string of the molecule is CCCNCc1ccc(N(CC)CCOCC)nc1C. The molecule has 0 aliphatic heterocycles. The normalized spacial score (nSPS) is 10.8. The molecule has 1 N–H and O–H groups in total. The number of hydrogen-bond acceptors (Lipinski definition) is 4. The molecule has 4 nitrogen and oxygen atoms in total. The van der Waals surface area contributed by atoms with Gasteiger partial charge in [0.05, 0.1) is 6.61 Å². The van der Waals surface area contributed by atoms with Gasteiger partial charge in [0.25, 0.3) is 0 Å². The minimum absolute atomic E-state index is 0.755. The number of aryl methyl sites for hydroxylation is 1. The first-order valence-corrected chi connectivity index (χ1v) is 7.72. The molecule has 114 valence electrons. The number of ether oxygens (including phenoxy) is 1. The molecule has 1 heterocycles. The van der Waals surface area contributed by atoms with Crippen molar-refractivity contribution in [2.75, 3.05) is 37.7 Å². The van der Waals surface area contributed by atoms with Crippen molar-refractivity contribution in [3.05, 3.63) is 23.4 Å². The summed E-state index contributed by atoms with van der Waals surface area (Å²) in [5.74, 6) is 1.05. The number of nitrogens with zero attached hydrogens (tertiary/aromatic N) is 2. The number of nitrogens with one attached hydrogen (secondary N) is 1. The van der Waals surface area contributed by atoms with E-state index in [4.69, 9.17) is 9.72 Å². The number of likely N-dealkylation sites (N-methyl/N-ethyl adjacent to an activating group) is 1. The number of anilines is 1. The Hall–Kier alpha value is -1.13. The van der Waals surface area contributed by atoms with Gasteiger partial charge in [-0.15, -0.1) is 0 Å². The molecule has 0 saturated carbocycles. The van der Waals surface area contributed by atoms with Crippen LogP contribution in [0.25, 0.3) is 0 Å². The zero-order valence-electron chi connectivity index (χ0n) is 13.4. The number of pyridine rings is 1. The average molecular weight is 279 g/mol. The molecule has 0 atom stereocenters. The standard InChI is InChI=1S/C16H29N3O/c1-5-10-17-13-15-8-9-16(18-14(15)4)19(6-2)11-12-20-7-3/h8-9,17H,5-7,10-13H2,1-4H3. The van der Waals surface area contributed by atoms with E-state index in [1.165, 1.54) is 5.56 Å². The first-order valence-electron chi connectivity index (χ1n) is 7.72. The second-order valence-electron chi connectivity index (χ2n) is 4.87. The lowest BCUT2D eigenvalue weighted by atomic mass is 10.2. The molecule has 0 aliphatic carbocycles. The van der Waals surface area contributed by atoms with Gasteiger partial charge in [-0.3, -0.25) is 0 Å². The molecule has 1 aromatic rings. The third-order valence-corrected chi connectivity index (χ3v) is 3.34. The maximum Gasteiger partial charge on any atom is 0.128 e. The predicted octanol–water partition coefficient (Wildman–Crippen LogP) is 2.75. The maximum absolute atomic E-state index is 5.43. The fourth-order valence-electron chi connectivity index (χ4n) is 2.09. The molecule has 0 radical (unpaired) electrons. The Kier molecular flexibility index (Phi) is 8.23. The molecular weight excluding hydrogens is 250 g/mol. The van der Waals surface area contributed by atoms with Crippen LogP contribution in [0.15, 0.2) is 12.1 Å². The number of rotatable bonds is 10. The van der Waals surface area contributed by atoms with Crippen molar-refractivity contribution in [3.63, 3.8) is 0 Å². The summed E-state index contributed by atoms with van der Waals surface area (Å²) in [5.41, 5.74) is 2.39. The molecule has 0 saturated heterocycles. The second kappa shape index (κ2) is 9.72. The first kappa shape index (κ1) is 16.9. The Balaban J connectivity index is 2.63. The summed E-state index contributed by atoms with van der Waals surface area (Å²) in [6.45, 7) is 13.8. The minimum Gasteiger partial charge on any atom is -0.380 e. The highest BCUT2D eigenvalue weighted by Crippen LogP contribution is 2.14. The molecule has 0 fully saturated rings. The lowest BCUT2D eigenvalue weighted by molar-refractivity contribution is 0.154. The van der Waals surface area contributed by atoms with Crippen LogP contribution < -0.4 is 10.2 Å². The number of aromatic nitrogens is 1. The van der Waals surface area contributed by atoms with E-state index in [2.05, 4.69) is 43.1 Å². The summed E-state index contributed by atoms with van der Waals surface area (Å²) in [5, 5.41) is 3.42. The van der Waals surface area contributed by atoms with Crippen molar-refractivity contribution in [1.82, 2.24) is 10.3 Å². The van der Waals surface area contributed by atoms with E-state index in [-0.39, 0.29) is 0 Å². The Morgan fingerprint density at radius 1 is 1.25 bits per heavy atom. The van der Waals surface area contributed by atoms with E-state index in [0.717, 1.165) is 57.3 Å². The van der Waals surface area contributed by atoms with Gasteiger partial charge < -0.3 is 15.0 Å². The monoisotopic (exact) mass is 279 g/mol. The lowest BCUT2D eigenvalue weighted by Crippen LogP contribution is -2.28. The Bertz CT molecular complexity index is 382. The van der Waals surface area contributed by atoms with E-state index in [0.29, 0.717) is 0 Å². The van der Waals surface area contributed by atoms with Gasteiger partial charge >= 0.3 is 0 Å². The minimum atomic E-state index is 0.755. The highest BCUT2D eigenvalue weighted by atomic mass is 16.5. The molecule has 20 heavy (non-hydrogen) atoms. The molecule has 0 aromatic carbocycles. The molecular formula is C16H29N3O. The second-order valence-corrected chi connectivity index (χ2v) is 4.87. The van der Waals surface area contributed by atoms with Crippen molar-refractivity contribution in [2.45, 2.75) is 40.7 Å². The predicted molar refractivity (Wildman–Crippen MR) is 85.4 cm³/mol. The molecule has 1 rings (SSSR count). The summed E-state index contributed by atoms with van der Waals surface area (Å²) < 4.78 is 5.43. The van der Waals surface area contributed by atoms with Crippen LogP contribution in [0.5, 0.6) is 0 Å². The quantitative estimate of drug-likeness (QED) is 0.668. The van der Waals surface area contributed by atoms with Gasteiger partial charge in [0.15, 0.2) is 0 Å². The van der Waals surface area contributed by atoms with Crippen LogP contribution in [0, 0.1) is 6.92 Å². The van der Waals surface area contributed by atoms with Crippen LogP contribution in [0.4, 0.5) is 5.82 Å². The smallest absolute Gasteiger partial charge is 0.128 e. The van der Waals surface area contributed by atoms with Crippen LogP contribution in [-0.2, 0) is 11.3 Å². The largest absolute Gasteiger partial charge is 0.380 e. The third kappa shape index (κ3) is 5.47. The summed E-state index contributed by atoms with van der Waals surface area (Å²) in [7, 11) is 0. The number of hydrogen-bond donors (Lipinski definition) is 1. The van der Waals surface area contributed by atoms with Crippen LogP contribution in [0.1, 0.15) is 38.4 Å². The van der Waals surface area contributed by atoms with E-state index in [1.807, 2.05) is 6.92 Å². The van der Waals surface area contributed by atoms with Crippen molar-refractivity contribution in [3.8, 4) is 0 Å². The van der Waals surface area contributed by atoms with Gasteiger partial charge in [0.1, 0.15) is 5.82 Å². The Morgan fingerprint density at radius 2 is 2.05 bits per heavy atom. The first-order chi connectivity index (χ1) is 9.72. The van der Waals surface area contributed by atoms with Crippen LogP contribution in [0.3, 0.4) is 0 Å². The summed E-state index contributed by atoms with van der Waals surface area (Å²) >= 11 is 0. The third-order valence-electron chi connectivity index (χ3n) is 3.34. The van der Waals surface area contributed by atoms with Gasteiger partial charge in [-0.1, -0.05) is 13.0 Å². The van der Waals surface area contributed by atoms with Crippen molar-refractivity contribution < 1.29 is 4.74 Å². The highest BCUT2D eigenvalue weighted by molar-refractivity contribution is 5.41. The van der Waals surface area contributed by atoms with E-state index < -0.39 is 0 Å². The highest BCUT2D eigenvalue weighted by Gasteiger charge is 2.08. The van der Waals surface area contributed by atoms with Crippen molar-refractivity contribution >= 4 is 5.82 Å². The van der Waals surface area contributed by atoms with E-state index >= 15 is 0 Å². The topological polar surface area (TPSA) is 37.4 Å². The van der Waals surface area contributed by atoms with E-state index in [9.17, 15) is 0 Å². The van der Waals surface area contributed by atoms with Gasteiger partial charge in [-0.2, -0.15) is 0 Å². The molecule has 0 bridgehead atoms. The van der Waals surface area contributed by atoms with Crippen molar-refractivity contribution in [1.29, 1.82) is 0 Å². The summed E-state index contributed by atoms with van der Waals surface area (Å²) in [4.78, 5) is 6.99.